The Morgan fingerprint density at radius 3 is 2.31 bits per heavy atom. The van der Waals surface area contributed by atoms with Gasteiger partial charge in [0.05, 0.1) is 0 Å². The molecule has 0 aliphatic carbocycles. The lowest BCUT2D eigenvalue weighted by Crippen LogP contribution is -2.43. The molecule has 0 N–H and O–H groups in total. The molecule has 16 heavy (non-hydrogen) atoms. The molecule has 0 aliphatic heterocycles. The predicted octanol–water partition coefficient (Wildman–Crippen LogP) is 4.51. The minimum atomic E-state index is -1.73. The van der Waals surface area contributed by atoms with Gasteiger partial charge in [0.15, 0.2) is 0 Å². The monoisotopic (exact) mass is 233 g/mol. The molecule has 0 saturated heterocycles. The Labute approximate surface area is 100 Å². The molecular weight excluding hydrogens is 212 g/mol. The van der Waals surface area contributed by atoms with Crippen molar-refractivity contribution in [3.63, 3.8) is 0 Å². The number of rotatable bonds is 3. The van der Waals surface area contributed by atoms with E-state index in [9.17, 15) is 0 Å². The molecule has 0 spiro atoms. The highest BCUT2D eigenvalue weighted by Crippen LogP contribution is 2.37. The fraction of sp³-hybridized carbons (Fsp3) is 0.429. The van der Waals surface area contributed by atoms with Gasteiger partial charge >= 0.3 is 0 Å². The van der Waals surface area contributed by atoms with Gasteiger partial charge in [0.2, 0.25) is 0 Å². The van der Waals surface area contributed by atoms with Crippen LogP contribution in [0.3, 0.4) is 0 Å². The normalized spacial score (nSPS) is 12.3. The molecule has 0 unspecified atom stereocenters. The highest BCUT2D eigenvalue weighted by Gasteiger charge is 2.38. The van der Waals surface area contributed by atoms with Crippen molar-refractivity contribution < 1.29 is 4.43 Å². The highest BCUT2D eigenvalue weighted by atomic mass is 28.4. The Hall–Kier alpha value is -1.02. The first-order chi connectivity index (χ1) is 7.26. The summed E-state index contributed by atoms with van der Waals surface area (Å²) in [5.41, 5.74) is 1.07. The Balaban J connectivity index is 2.84. The average Bonchev–Trinajstić information content (AvgIpc) is 2.16. The summed E-state index contributed by atoms with van der Waals surface area (Å²) < 4.78 is 6.11. The number of hydrogen-bond donors (Lipinski definition) is 0. The van der Waals surface area contributed by atoms with E-state index >= 15 is 0 Å². The molecule has 1 nitrogen and oxygen atoms in total. The van der Waals surface area contributed by atoms with E-state index in [4.69, 9.17) is 4.43 Å². The lowest BCUT2D eigenvalue weighted by atomic mass is 10.2. The SMILES string of the molecule is C=Cc1c[c]c(O[Si](C)(C)C(C)(C)C)cc1. The maximum absolute atomic E-state index is 6.11. The molecule has 1 rings (SSSR count). The van der Waals surface area contributed by atoms with Crippen LogP contribution in [0.15, 0.2) is 24.8 Å². The molecule has 0 amide bonds. The second-order valence-electron chi connectivity index (χ2n) is 5.55. The lowest BCUT2D eigenvalue weighted by molar-refractivity contribution is 0.491. The summed E-state index contributed by atoms with van der Waals surface area (Å²) in [6.45, 7) is 14.9. The first-order valence-corrected chi connectivity index (χ1v) is 8.50. The van der Waals surface area contributed by atoms with Crippen molar-refractivity contribution >= 4 is 14.4 Å². The summed E-state index contributed by atoms with van der Waals surface area (Å²) in [7, 11) is -1.73. The minimum absolute atomic E-state index is 0.220. The molecule has 1 radical (unpaired) electrons. The molecule has 0 fully saturated rings. The molecule has 0 aromatic heterocycles. The third-order valence-electron chi connectivity index (χ3n) is 3.22. The largest absolute Gasteiger partial charge is 0.543 e. The molecular formula is C14H21OSi. The molecule has 87 valence electrons. The quantitative estimate of drug-likeness (QED) is 0.698. The third kappa shape index (κ3) is 2.98. The maximum Gasteiger partial charge on any atom is 0.250 e. The fourth-order valence-corrected chi connectivity index (χ4v) is 2.02. The van der Waals surface area contributed by atoms with Gasteiger partial charge in [-0.2, -0.15) is 0 Å². The number of hydrogen-bond acceptors (Lipinski definition) is 1. The summed E-state index contributed by atoms with van der Waals surface area (Å²) in [4.78, 5) is 0. The Bertz CT molecular complexity index is 357. The van der Waals surface area contributed by atoms with Crippen LogP contribution < -0.4 is 4.43 Å². The maximum atomic E-state index is 6.11. The summed E-state index contributed by atoms with van der Waals surface area (Å²) in [5.74, 6) is 0.845. The Kier molecular flexibility index (Phi) is 3.63. The van der Waals surface area contributed by atoms with Gasteiger partial charge in [-0.3, -0.25) is 0 Å². The molecule has 0 bridgehead atoms. The fourth-order valence-electron chi connectivity index (χ4n) is 1.04. The topological polar surface area (TPSA) is 9.23 Å². The highest BCUT2D eigenvalue weighted by molar-refractivity contribution is 6.74. The van der Waals surface area contributed by atoms with Crippen molar-refractivity contribution in [2.75, 3.05) is 0 Å². The van der Waals surface area contributed by atoms with Crippen LogP contribution >= 0.6 is 0 Å². The van der Waals surface area contributed by atoms with Crippen LogP contribution in [0, 0.1) is 6.07 Å². The van der Waals surface area contributed by atoms with Gasteiger partial charge in [0, 0.05) is 6.07 Å². The second-order valence-corrected chi connectivity index (χ2v) is 10.3. The van der Waals surface area contributed by atoms with E-state index in [1.54, 1.807) is 0 Å². The summed E-state index contributed by atoms with van der Waals surface area (Å²) in [5, 5.41) is 0.220. The molecule has 0 aliphatic rings. The van der Waals surface area contributed by atoms with Crippen LogP contribution in [-0.4, -0.2) is 8.32 Å². The van der Waals surface area contributed by atoms with Crippen LogP contribution in [0.1, 0.15) is 26.3 Å². The Morgan fingerprint density at radius 1 is 1.31 bits per heavy atom. The van der Waals surface area contributed by atoms with Crippen molar-refractivity contribution in [2.24, 2.45) is 0 Å². The zero-order valence-electron chi connectivity index (χ0n) is 10.9. The van der Waals surface area contributed by atoms with Crippen molar-refractivity contribution in [1.82, 2.24) is 0 Å². The van der Waals surface area contributed by atoms with E-state index in [1.165, 1.54) is 0 Å². The molecule has 1 aromatic carbocycles. The summed E-state index contributed by atoms with van der Waals surface area (Å²) in [6.07, 6.45) is 1.81. The average molecular weight is 233 g/mol. The van der Waals surface area contributed by atoms with E-state index in [0.717, 1.165) is 11.3 Å². The van der Waals surface area contributed by atoms with Crippen LogP contribution in [0.2, 0.25) is 18.1 Å². The van der Waals surface area contributed by atoms with Crippen LogP contribution in [0.25, 0.3) is 6.08 Å². The molecule has 0 saturated carbocycles. The molecule has 2 heteroatoms. The molecule has 0 heterocycles. The Morgan fingerprint density at radius 2 is 1.94 bits per heavy atom. The standard InChI is InChI=1S/C14H21OSi/c1-7-12-8-10-13(11-9-12)15-16(5,6)14(2,3)4/h7-10H,1H2,2-6H3. The van der Waals surface area contributed by atoms with Crippen molar-refractivity contribution in [1.29, 1.82) is 0 Å². The minimum Gasteiger partial charge on any atom is -0.543 e. The summed E-state index contributed by atoms with van der Waals surface area (Å²) in [6, 6.07) is 9.05. The molecule has 1 aromatic rings. The van der Waals surface area contributed by atoms with Gasteiger partial charge in [-0.1, -0.05) is 39.5 Å². The van der Waals surface area contributed by atoms with Crippen molar-refractivity contribution in [3.05, 3.63) is 36.4 Å². The first-order valence-electron chi connectivity index (χ1n) is 5.59. The van der Waals surface area contributed by atoms with Crippen LogP contribution in [-0.2, 0) is 0 Å². The van der Waals surface area contributed by atoms with Crippen molar-refractivity contribution in [2.45, 2.75) is 38.9 Å². The van der Waals surface area contributed by atoms with E-state index in [0.29, 0.717) is 0 Å². The number of benzene rings is 1. The zero-order chi connectivity index (χ0) is 12.4. The molecule has 0 atom stereocenters. The predicted molar refractivity (Wildman–Crippen MR) is 73.2 cm³/mol. The third-order valence-corrected chi connectivity index (χ3v) is 7.56. The zero-order valence-corrected chi connectivity index (χ0v) is 11.9. The van der Waals surface area contributed by atoms with E-state index in [-0.39, 0.29) is 5.04 Å². The van der Waals surface area contributed by atoms with Gasteiger partial charge in [-0.15, -0.1) is 0 Å². The van der Waals surface area contributed by atoms with Gasteiger partial charge in [0.1, 0.15) is 5.75 Å². The van der Waals surface area contributed by atoms with Gasteiger partial charge in [-0.25, -0.2) is 0 Å². The lowest BCUT2D eigenvalue weighted by Gasteiger charge is -2.36. The van der Waals surface area contributed by atoms with Crippen molar-refractivity contribution in [3.8, 4) is 5.75 Å². The summed E-state index contributed by atoms with van der Waals surface area (Å²) >= 11 is 0. The van der Waals surface area contributed by atoms with Gasteiger partial charge in [0.25, 0.3) is 8.32 Å². The van der Waals surface area contributed by atoms with E-state index in [2.05, 4.69) is 46.5 Å². The first kappa shape index (κ1) is 13.0. The second kappa shape index (κ2) is 4.46. The van der Waals surface area contributed by atoms with Crippen LogP contribution in [0.5, 0.6) is 5.75 Å². The van der Waals surface area contributed by atoms with E-state index in [1.807, 2.05) is 24.3 Å². The van der Waals surface area contributed by atoms with Gasteiger partial charge in [-0.05, 0) is 35.8 Å². The smallest absolute Gasteiger partial charge is 0.250 e. The van der Waals surface area contributed by atoms with E-state index < -0.39 is 8.32 Å². The van der Waals surface area contributed by atoms with Crippen LogP contribution in [0.4, 0.5) is 0 Å². The van der Waals surface area contributed by atoms with Gasteiger partial charge < -0.3 is 4.43 Å².